The second-order valence-corrected chi connectivity index (χ2v) is 8.04. The van der Waals surface area contributed by atoms with Gasteiger partial charge in [-0.05, 0) is 60.7 Å². The van der Waals surface area contributed by atoms with Crippen LogP contribution < -0.4 is 14.2 Å². The van der Waals surface area contributed by atoms with Gasteiger partial charge in [0, 0.05) is 11.1 Å². The average Bonchev–Trinajstić information content (AvgIpc) is 2.61. The van der Waals surface area contributed by atoms with Crippen molar-refractivity contribution in [3.63, 3.8) is 0 Å². The Kier molecular flexibility index (Phi) is 5.22. The van der Waals surface area contributed by atoms with Gasteiger partial charge >= 0.3 is 0 Å². The lowest BCUT2D eigenvalue weighted by atomic mass is 9.88. The smallest absolute Gasteiger partial charge is 0.244 e. The minimum atomic E-state index is -3.77. The molecule has 2 aromatic rings. The Balaban J connectivity index is 1.94. The molecule has 0 amide bonds. The van der Waals surface area contributed by atoms with E-state index in [2.05, 4.69) is 4.72 Å². The van der Waals surface area contributed by atoms with Crippen molar-refractivity contribution in [3.8, 4) is 11.5 Å². The van der Waals surface area contributed by atoms with Crippen molar-refractivity contribution in [1.82, 2.24) is 4.72 Å². The van der Waals surface area contributed by atoms with Crippen molar-refractivity contribution < 1.29 is 17.9 Å². The van der Waals surface area contributed by atoms with Gasteiger partial charge in [0.2, 0.25) is 10.0 Å². The van der Waals surface area contributed by atoms with E-state index in [9.17, 15) is 8.42 Å². The molecule has 25 heavy (non-hydrogen) atoms. The molecule has 7 heteroatoms. The molecular weight excluding hydrogens is 362 g/mol. The molecule has 3 rings (SSSR count). The largest absolute Gasteiger partial charge is 0.497 e. The zero-order valence-corrected chi connectivity index (χ0v) is 15.7. The van der Waals surface area contributed by atoms with Crippen molar-refractivity contribution in [2.75, 3.05) is 14.2 Å². The maximum atomic E-state index is 12.9. The lowest BCUT2D eigenvalue weighted by Gasteiger charge is -2.27. The first kappa shape index (κ1) is 18.0. The Morgan fingerprint density at radius 2 is 1.92 bits per heavy atom. The van der Waals surface area contributed by atoms with Crippen molar-refractivity contribution in [1.29, 1.82) is 0 Å². The Labute approximate surface area is 153 Å². The molecule has 0 heterocycles. The molecule has 0 fully saturated rings. The van der Waals surface area contributed by atoms with Crippen LogP contribution in [0.1, 0.15) is 30.0 Å². The van der Waals surface area contributed by atoms with E-state index in [1.54, 1.807) is 19.2 Å². The van der Waals surface area contributed by atoms with Crippen LogP contribution in [0, 0.1) is 0 Å². The molecule has 1 aliphatic rings. The summed E-state index contributed by atoms with van der Waals surface area (Å²) >= 11 is 5.98. The Morgan fingerprint density at radius 3 is 2.64 bits per heavy atom. The van der Waals surface area contributed by atoms with Crippen LogP contribution in [-0.2, 0) is 16.4 Å². The zero-order valence-electron chi connectivity index (χ0n) is 14.1. The average molecular weight is 382 g/mol. The highest BCUT2D eigenvalue weighted by molar-refractivity contribution is 7.89. The number of fused-ring (bicyclic) bond motifs is 1. The molecular formula is C18H20ClNO4S. The number of hydrogen-bond donors (Lipinski definition) is 1. The summed E-state index contributed by atoms with van der Waals surface area (Å²) in [6, 6.07) is 10.0. The van der Waals surface area contributed by atoms with E-state index in [0.29, 0.717) is 5.02 Å². The van der Waals surface area contributed by atoms with Crippen molar-refractivity contribution >= 4 is 21.6 Å². The highest BCUT2D eigenvalue weighted by Gasteiger charge is 2.28. The van der Waals surface area contributed by atoms with E-state index in [4.69, 9.17) is 21.1 Å². The normalized spacial score (nSPS) is 17.0. The summed E-state index contributed by atoms with van der Waals surface area (Å²) in [5, 5.41) is 0.343. The van der Waals surface area contributed by atoms with Gasteiger partial charge in [0.25, 0.3) is 0 Å². The van der Waals surface area contributed by atoms with Crippen LogP contribution in [-0.4, -0.2) is 22.6 Å². The van der Waals surface area contributed by atoms with Gasteiger partial charge in [0.1, 0.15) is 16.4 Å². The van der Waals surface area contributed by atoms with E-state index in [-0.39, 0.29) is 16.7 Å². The van der Waals surface area contributed by atoms with Crippen LogP contribution in [0.25, 0.3) is 0 Å². The fourth-order valence-corrected chi connectivity index (χ4v) is 4.83. The topological polar surface area (TPSA) is 64.6 Å². The second-order valence-electron chi connectivity index (χ2n) is 5.93. The molecule has 0 radical (unpaired) electrons. The summed E-state index contributed by atoms with van der Waals surface area (Å²) in [4.78, 5) is 0.0446. The summed E-state index contributed by atoms with van der Waals surface area (Å²) in [6.45, 7) is 0. The third-order valence-electron chi connectivity index (χ3n) is 4.38. The molecule has 0 aliphatic heterocycles. The first-order chi connectivity index (χ1) is 11.9. The number of sulfonamides is 1. The van der Waals surface area contributed by atoms with Gasteiger partial charge in [-0.3, -0.25) is 0 Å². The molecule has 0 aromatic heterocycles. The van der Waals surface area contributed by atoms with E-state index in [1.165, 1.54) is 13.2 Å². The fourth-order valence-electron chi connectivity index (χ4n) is 3.15. The number of ether oxygens (including phenoxy) is 2. The minimum Gasteiger partial charge on any atom is -0.497 e. The lowest BCUT2D eigenvalue weighted by molar-refractivity contribution is 0.401. The summed E-state index contributed by atoms with van der Waals surface area (Å²) < 4.78 is 39.0. The van der Waals surface area contributed by atoms with Gasteiger partial charge < -0.3 is 9.47 Å². The van der Waals surface area contributed by atoms with Crippen molar-refractivity contribution in [2.24, 2.45) is 0 Å². The maximum absolute atomic E-state index is 12.9. The van der Waals surface area contributed by atoms with E-state index in [1.807, 2.05) is 18.2 Å². The van der Waals surface area contributed by atoms with E-state index < -0.39 is 10.0 Å². The first-order valence-electron chi connectivity index (χ1n) is 7.97. The fraction of sp³-hybridized carbons (Fsp3) is 0.333. The van der Waals surface area contributed by atoms with E-state index >= 15 is 0 Å². The third kappa shape index (κ3) is 3.76. The van der Waals surface area contributed by atoms with Gasteiger partial charge in [-0.25, -0.2) is 13.1 Å². The molecule has 1 N–H and O–H groups in total. The molecule has 2 aromatic carbocycles. The number of aryl methyl sites for hydroxylation is 1. The molecule has 0 bridgehead atoms. The third-order valence-corrected chi connectivity index (χ3v) is 6.11. The number of halogens is 1. The molecule has 0 saturated heterocycles. The van der Waals surface area contributed by atoms with E-state index in [0.717, 1.165) is 36.1 Å². The molecule has 5 nitrogen and oxygen atoms in total. The highest BCUT2D eigenvalue weighted by Crippen LogP contribution is 2.34. The molecule has 0 saturated carbocycles. The summed E-state index contributed by atoms with van der Waals surface area (Å²) in [5.74, 6) is 1.04. The highest BCUT2D eigenvalue weighted by atomic mass is 35.5. The second kappa shape index (κ2) is 7.23. The summed E-state index contributed by atoms with van der Waals surface area (Å²) in [5.41, 5.74) is 2.09. The maximum Gasteiger partial charge on any atom is 0.244 e. The van der Waals surface area contributed by atoms with Crippen LogP contribution in [0.2, 0.25) is 5.02 Å². The summed E-state index contributed by atoms with van der Waals surface area (Å²) in [7, 11) is -0.718. The molecule has 0 spiro atoms. The van der Waals surface area contributed by atoms with Crippen LogP contribution in [0.15, 0.2) is 41.3 Å². The van der Waals surface area contributed by atoms with Gasteiger partial charge in [0.05, 0.1) is 14.2 Å². The monoisotopic (exact) mass is 381 g/mol. The number of benzene rings is 2. The van der Waals surface area contributed by atoms with Crippen molar-refractivity contribution in [3.05, 3.63) is 52.5 Å². The predicted octanol–water partition coefficient (Wildman–Crippen LogP) is 3.71. The number of rotatable bonds is 5. The Morgan fingerprint density at radius 1 is 1.12 bits per heavy atom. The van der Waals surface area contributed by atoms with Gasteiger partial charge in [0.15, 0.2) is 0 Å². The number of methoxy groups -OCH3 is 2. The Bertz CT molecular complexity index is 883. The number of nitrogens with one attached hydrogen (secondary N) is 1. The van der Waals surface area contributed by atoms with Crippen LogP contribution in [0.4, 0.5) is 0 Å². The van der Waals surface area contributed by atoms with Crippen LogP contribution in [0.5, 0.6) is 11.5 Å². The molecule has 1 aliphatic carbocycles. The van der Waals surface area contributed by atoms with Crippen LogP contribution in [0.3, 0.4) is 0 Å². The molecule has 1 atom stereocenters. The quantitative estimate of drug-likeness (QED) is 0.857. The molecule has 134 valence electrons. The lowest BCUT2D eigenvalue weighted by Crippen LogP contribution is -2.31. The minimum absolute atomic E-state index is 0.0446. The summed E-state index contributed by atoms with van der Waals surface area (Å²) in [6.07, 6.45) is 2.55. The Hall–Kier alpha value is -1.76. The SMILES string of the molecule is COc1ccc2c(c1)CCC[C@@H]2NS(=O)(=O)c1cc(Cl)ccc1OC. The van der Waals surface area contributed by atoms with Gasteiger partial charge in [-0.15, -0.1) is 0 Å². The zero-order chi connectivity index (χ0) is 18.0. The number of hydrogen-bond acceptors (Lipinski definition) is 4. The first-order valence-corrected chi connectivity index (χ1v) is 9.83. The standard InChI is InChI=1S/C18H20ClNO4S/c1-23-14-7-8-15-12(10-14)4-3-5-16(15)20-25(21,22)18-11-13(19)6-9-17(18)24-2/h6-11,16,20H,3-5H2,1-2H3/t16-/m0/s1. The van der Waals surface area contributed by atoms with Crippen LogP contribution >= 0.6 is 11.6 Å². The van der Waals surface area contributed by atoms with Crippen molar-refractivity contribution in [2.45, 2.75) is 30.2 Å². The predicted molar refractivity (Wildman–Crippen MR) is 97.0 cm³/mol. The van der Waals surface area contributed by atoms with Gasteiger partial charge in [-0.1, -0.05) is 17.7 Å². The van der Waals surface area contributed by atoms with Gasteiger partial charge in [-0.2, -0.15) is 0 Å². The molecule has 0 unspecified atom stereocenters.